The van der Waals surface area contributed by atoms with Crippen LogP contribution in [0.5, 0.6) is 5.88 Å². The number of hydrogen-bond acceptors (Lipinski definition) is 7. The second-order valence-electron chi connectivity index (χ2n) is 4.62. The second kappa shape index (κ2) is 6.38. The normalized spacial score (nSPS) is 13.6. The van der Waals surface area contributed by atoms with Gasteiger partial charge in [0.15, 0.2) is 0 Å². The quantitative estimate of drug-likeness (QED) is 0.427. The van der Waals surface area contributed by atoms with Crippen molar-refractivity contribution in [3.63, 3.8) is 0 Å². The van der Waals surface area contributed by atoms with Gasteiger partial charge in [0.05, 0.1) is 18.6 Å². The van der Waals surface area contributed by atoms with E-state index in [2.05, 4.69) is 4.98 Å². The highest BCUT2D eigenvalue weighted by atomic mass is 16.6. The Balaban J connectivity index is 2.34. The molecule has 8 heteroatoms. The molecule has 8 nitrogen and oxygen atoms in total. The van der Waals surface area contributed by atoms with Gasteiger partial charge in [-0.05, 0) is 19.8 Å². The SMILES string of the molecule is CCOC(=O)CN(c1nc(OC)ccc1[N+](=O)[O-])C1CC1. The number of pyridine rings is 1. The molecule has 0 unspecified atom stereocenters. The van der Waals surface area contributed by atoms with Crippen molar-refractivity contribution in [2.75, 3.05) is 25.2 Å². The number of carbonyl (C=O) groups excluding carboxylic acids is 1. The van der Waals surface area contributed by atoms with Gasteiger partial charge in [-0.25, -0.2) is 0 Å². The molecular weight excluding hydrogens is 278 g/mol. The minimum Gasteiger partial charge on any atom is -0.481 e. The van der Waals surface area contributed by atoms with Crippen LogP contribution in [-0.2, 0) is 9.53 Å². The van der Waals surface area contributed by atoms with Crippen molar-refractivity contribution in [1.29, 1.82) is 0 Å². The summed E-state index contributed by atoms with van der Waals surface area (Å²) in [6.45, 7) is 1.93. The summed E-state index contributed by atoms with van der Waals surface area (Å²) in [7, 11) is 1.44. The largest absolute Gasteiger partial charge is 0.481 e. The molecule has 1 aliphatic rings. The van der Waals surface area contributed by atoms with Crippen molar-refractivity contribution < 1.29 is 19.2 Å². The highest BCUT2D eigenvalue weighted by Gasteiger charge is 2.36. The maximum Gasteiger partial charge on any atom is 0.325 e. The zero-order valence-corrected chi connectivity index (χ0v) is 11.9. The van der Waals surface area contributed by atoms with Gasteiger partial charge in [-0.1, -0.05) is 0 Å². The van der Waals surface area contributed by atoms with E-state index < -0.39 is 10.9 Å². The fraction of sp³-hybridized carbons (Fsp3) is 0.538. The van der Waals surface area contributed by atoms with E-state index in [-0.39, 0.29) is 36.6 Å². The molecule has 0 spiro atoms. The summed E-state index contributed by atoms with van der Waals surface area (Å²) < 4.78 is 9.94. The molecule has 0 aromatic carbocycles. The summed E-state index contributed by atoms with van der Waals surface area (Å²) in [5.41, 5.74) is -0.146. The Labute approximate surface area is 121 Å². The van der Waals surface area contributed by atoms with Crippen molar-refractivity contribution in [3.05, 3.63) is 22.2 Å². The molecule has 0 atom stereocenters. The fourth-order valence-corrected chi connectivity index (χ4v) is 2.00. The minimum atomic E-state index is -0.512. The van der Waals surface area contributed by atoms with E-state index in [1.54, 1.807) is 11.8 Å². The predicted molar refractivity (Wildman–Crippen MR) is 74.4 cm³/mol. The van der Waals surface area contributed by atoms with Crippen LogP contribution < -0.4 is 9.64 Å². The molecule has 1 aromatic heterocycles. The zero-order chi connectivity index (χ0) is 15.4. The van der Waals surface area contributed by atoms with Gasteiger partial charge in [0.1, 0.15) is 6.54 Å². The Kier molecular flexibility index (Phi) is 4.56. The van der Waals surface area contributed by atoms with Gasteiger partial charge in [0.25, 0.3) is 0 Å². The standard InChI is InChI=1S/C13H17N3O5/c1-3-21-12(17)8-15(9-4-5-9)13-10(16(18)19)6-7-11(14-13)20-2/h6-7,9H,3-5,8H2,1-2H3. The monoisotopic (exact) mass is 295 g/mol. The third-order valence-corrected chi connectivity index (χ3v) is 3.10. The van der Waals surface area contributed by atoms with Gasteiger partial charge in [-0.2, -0.15) is 4.98 Å². The first kappa shape index (κ1) is 15.0. The lowest BCUT2D eigenvalue weighted by Gasteiger charge is -2.22. The summed E-state index contributed by atoms with van der Waals surface area (Å²) in [4.78, 5) is 28.1. The van der Waals surface area contributed by atoms with Gasteiger partial charge < -0.3 is 14.4 Å². The molecule has 0 amide bonds. The molecule has 0 aliphatic heterocycles. The molecule has 0 radical (unpaired) electrons. The van der Waals surface area contributed by atoms with E-state index in [0.29, 0.717) is 0 Å². The van der Waals surface area contributed by atoms with Gasteiger partial charge in [0, 0.05) is 18.2 Å². The van der Waals surface area contributed by atoms with Crippen LogP contribution in [-0.4, -0.2) is 42.2 Å². The number of esters is 1. The number of carbonyl (C=O) groups is 1. The second-order valence-corrected chi connectivity index (χ2v) is 4.62. The summed E-state index contributed by atoms with van der Waals surface area (Å²) in [5, 5.41) is 11.2. The topological polar surface area (TPSA) is 94.8 Å². The van der Waals surface area contributed by atoms with Gasteiger partial charge in [0.2, 0.25) is 11.7 Å². The number of rotatable bonds is 7. The van der Waals surface area contributed by atoms with Crippen molar-refractivity contribution in [2.45, 2.75) is 25.8 Å². The Morgan fingerprint density at radius 2 is 2.24 bits per heavy atom. The summed E-state index contributed by atoms with van der Waals surface area (Å²) in [6.07, 6.45) is 1.74. The zero-order valence-electron chi connectivity index (χ0n) is 11.9. The smallest absolute Gasteiger partial charge is 0.325 e. The van der Waals surface area contributed by atoms with E-state index in [9.17, 15) is 14.9 Å². The lowest BCUT2D eigenvalue weighted by atomic mass is 10.3. The highest BCUT2D eigenvalue weighted by Crippen LogP contribution is 2.36. The average molecular weight is 295 g/mol. The lowest BCUT2D eigenvalue weighted by molar-refractivity contribution is -0.384. The summed E-state index contributed by atoms with van der Waals surface area (Å²) >= 11 is 0. The molecule has 114 valence electrons. The Morgan fingerprint density at radius 3 is 2.76 bits per heavy atom. The molecule has 0 N–H and O–H groups in total. The van der Waals surface area contributed by atoms with Crippen molar-refractivity contribution >= 4 is 17.5 Å². The molecule has 1 heterocycles. The van der Waals surface area contributed by atoms with Gasteiger partial charge in [-0.15, -0.1) is 0 Å². The Morgan fingerprint density at radius 1 is 1.52 bits per heavy atom. The third-order valence-electron chi connectivity index (χ3n) is 3.10. The minimum absolute atomic E-state index is 0.0560. The number of methoxy groups -OCH3 is 1. The van der Waals surface area contributed by atoms with Crippen LogP contribution in [0.15, 0.2) is 12.1 Å². The van der Waals surface area contributed by atoms with Crippen LogP contribution in [0.25, 0.3) is 0 Å². The first-order valence-corrected chi connectivity index (χ1v) is 6.68. The van der Waals surface area contributed by atoms with Crippen LogP contribution >= 0.6 is 0 Å². The molecule has 2 rings (SSSR count). The number of ether oxygens (including phenoxy) is 2. The van der Waals surface area contributed by atoms with Crippen LogP contribution in [0.4, 0.5) is 11.5 Å². The van der Waals surface area contributed by atoms with Crippen LogP contribution in [0.3, 0.4) is 0 Å². The fourth-order valence-electron chi connectivity index (χ4n) is 2.00. The van der Waals surface area contributed by atoms with Crippen molar-refractivity contribution in [1.82, 2.24) is 4.98 Å². The van der Waals surface area contributed by atoms with E-state index >= 15 is 0 Å². The van der Waals surface area contributed by atoms with Crippen LogP contribution in [0.2, 0.25) is 0 Å². The molecule has 0 bridgehead atoms. The average Bonchev–Trinajstić information content (AvgIpc) is 3.28. The number of anilines is 1. The van der Waals surface area contributed by atoms with E-state index in [1.165, 1.54) is 19.2 Å². The van der Waals surface area contributed by atoms with E-state index in [0.717, 1.165) is 12.8 Å². The molecule has 1 saturated carbocycles. The molecular formula is C13H17N3O5. The van der Waals surface area contributed by atoms with Gasteiger partial charge >= 0.3 is 11.7 Å². The molecule has 1 aromatic rings. The third kappa shape index (κ3) is 3.59. The van der Waals surface area contributed by atoms with Crippen LogP contribution in [0.1, 0.15) is 19.8 Å². The Bertz CT molecular complexity index is 545. The highest BCUT2D eigenvalue weighted by molar-refractivity contribution is 5.77. The van der Waals surface area contributed by atoms with Crippen molar-refractivity contribution in [3.8, 4) is 5.88 Å². The van der Waals surface area contributed by atoms with Crippen LogP contribution in [0, 0.1) is 10.1 Å². The van der Waals surface area contributed by atoms with E-state index in [4.69, 9.17) is 9.47 Å². The maximum absolute atomic E-state index is 11.7. The number of nitrogens with zero attached hydrogens (tertiary/aromatic N) is 3. The number of nitro groups is 1. The summed E-state index contributed by atoms with van der Waals surface area (Å²) in [6, 6.07) is 2.84. The molecule has 0 saturated heterocycles. The molecule has 1 fully saturated rings. The maximum atomic E-state index is 11.7. The lowest BCUT2D eigenvalue weighted by Crippen LogP contribution is -2.34. The summed E-state index contributed by atoms with van der Waals surface area (Å²) in [5.74, 6) is -0.0108. The molecule has 21 heavy (non-hydrogen) atoms. The first-order chi connectivity index (χ1) is 10.1. The Hall–Kier alpha value is -2.38. The number of hydrogen-bond donors (Lipinski definition) is 0. The number of aromatic nitrogens is 1. The predicted octanol–water partition coefficient (Wildman–Crippen LogP) is 1.53. The molecule has 1 aliphatic carbocycles. The van der Waals surface area contributed by atoms with Gasteiger partial charge in [-0.3, -0.25) is 14.9 Å². The van der Waals surface area contributed by atoms with E-state index in [1.807, 2.05) is 0 Å². The first-order valence-electron chi connectivity index (χ1n) is 6.68. The van der Waals surface area contributed by atoms with Crippen molar-refractivity contribution in [2.24, 2.45) is 0 Å².